The summed E-state index contributed by atoms with van der Waals surface area (Å²) in [7, 11) is 0. The second-order valence-corrected chi connectivity index (χ2v) is 8.99. The summed E-state index contributed by atoms with van der Waals surface area (Å²) in [5.74, 6) is 3.62. The Morgan fingerprint density at radius 3 is 2.50 bits per heavy atom. The van der Waals surface area contributed by atoms with Crippen LogP contribution in [-0.2, 0) is 0 Å². The molecule has 18 heavy (non-hydrogen) atoms. The standard InChI is InChI=1S/C16H25NS/c1-10(2)11-6-15(3)8-16(4)7-12(11)13(15)5-14(16)18-9-17/h10-14H,5-8H2,1-4H3. The summed E-state index contributed by atoms with van der Waals surface area (Å²) in [6.07, 6.45) is 5.50. The highest BCUT2D eigenvalue weighted by molar-refractivity contribution is 8.04. The Labute approximate surface area is 116 Å². The molecule has 0 heterocycles. The third kappa shape index (κ3) is 1.59. The van der Waals surface area contributed by atoms with Gasteiger partial charge in [-0.25, -0.2) is 0 Å². The van der Waals surface area contributed by atoms with Crippen LogP contribution in [0.5, 0.6) is 0 Å². The summed E-state index contributed by atoms with van der Waals surface area (Å²) >= 11 is 1.56. The van der Waals surface area contributed by atoms with Crippen LogP contribution < -0.4 is 0 Å². The Morgan fingerprint density at radius 2 is 1.94 bits per heavy atom. The number of nitriles is 1. The van der Waals surface area contributed by atoms with Gasteiger partial charge < -0.3 is 0 Å². The highest BCUT2D eigenvalue weighted by Crippen LogP contribution is 2.71. The van der Waals surface area contributed by atoms with Crippen molar-refractivity contribution >= 4 is 11.8 Å². The largest absolute Gasteiger partial charge is 0.185 e. The van der Waals surface area contributed by atoms with Gasteiger partial charge in [0.05, 0.1) is 0 Å². The van der Waals surface area contributed by atoms with Crippen LogP contribution in [0, 0.1) is 45.2 Å². The van der Waals surface area contributed by atoms with Gasteiger partial charge in [0.25, 0.3) is 0 Å². The third-order valence-electron chi connectivity index (χ3n) is 6.47. The number of rotatable bonds is 2. The molecular weight excluding hydrogens is 238 g/mol. The van der Waals surface area contributed by atoms with Crippen LogP contribution in [0.2, 0.25) is 0 Å². The Morgan fingerprint density at radius 1 is 1.22 bits per heavy atom. The average molecular weight is 263 g/mol. The molecule has 4 aliphatic rings. The predicted octanol–water partition coefficient (Wildman–Crippen LogP) is 4.69. The number of hydrogen-bond acceptors (Lipinski definition) is 2. The molecule has 2 heteroatoms. The fraction of sp³-hybridized carbons (Fsp3) is 0.938. The molecule has 4 fully saturated rings. The maximum absolute atomic E-state index is 9.03. The average Bonchev–Trinajstić information content (AvgIpc) is 2.47. The van der Waals surface area contributed by atoms with Crippen molar-refractivity contribution in [3.63, 3.8) is 0 Å². The molecule has 0 amide bonds. The molecule has 0 N–H and O–H groups in total. The van der Waals surface area contributed by atoms with Crippen molar-refractivity contribution in [2.75, 3.05) is 0 Å². The van der Waals surface area contributed by atoms with Gasteiger partial charge in [0.1, 0.15) is 5.40 Å². The molecule has 6 atom stereocenters. The zero-order valence-electron chi connectivity index (χ0n) is 12.1. The zero-order valence-corrected chi connectivity index (χ0v) is 12.9. The van der Waals surface area contributed by atoms with E-state index in [1.807, 2.05) is 0 Å². The summed E-state index contributed by atoms with van der Waals surface area (Å²) in [5, 5.41) is 12.0. The van der Waals surface area contributed by atoms with E-state index in [0.29, 0.717) is 16.1 Å². The van der Waals surface area contributed by atoms with E-state index in [2.05, 4.69) is 33.1 Å². The topological polar surface area (TPSA) is 23.8 Å². The van der Waals surface area contributed by atoms with Crippen LogP contribution in [0.1, 0.15) is 53.4 Å². The molecule has 0 saturated heterocycles. The summed E-state index contributed by atoms with van der Waals surface area (Å²) in [6.45, 7) is 9.82. The van der Waals surface area contributed by atoms with E-state index in [4.69, 9.17) is 5.26 Å². The summed E-state index contributed by atoms with van der Waals surface area (Å²) < 4.78 is 0. The van der Waals surface area contributed by atoms with Crippen molar-refractivity contribution in [2.45, 2.75) is 58.6 Å². The lowest BCUT2D eigenvalue weighted by Gasteiger charge is -2.58. The smallest absolute Gasteiger partial charge is 0.133 e. The number of nitrogens with zero attached hydrogens (tertiary/aromatic N) is 1. The lowest BCUT2D eigenvalue weighted by atomic mass is 9.50. The molecule has 6 unspecified atom stereocenters. The summed E-state index contributed by atoms with van der Waals surface area (Å²) in [6, 6.07) is 0. The first-order chi connectivity index (χ1) is 8.39. The normalized spacial score (nSPS) is 53.8. The van der Waals surface area contributed by atoms with Crippen LogP contribution in [0.25, 0.3) is 0 Å². The van der Waals surface area contributed by atoms with Crippen LogP contribution in [0.4, 0.5) is 0 Å². The van der Waals surface area contributed by atoms with Gasteiger partial charge in [0, 0.05) is 5.25 Å². The highest BCUT2D eigenvalue weighted by atomic mass is 32.2. The molecule has 0 aliphatic heterocycles. The highest BCUT2D eigenvalue weighted by Gasteiger charge is 2.64. The van der Waals surface area contributed by atoms with Crippen molar-refractivity contribution < 1.29 is 0 Å². The zero-order chi connectivity index (χ0) is 13.1. The molecule has 4 bridgehead atoms. The second kappa shape index (κ2) is 3.92. The van der Waals surface area contributed by atoms with Crippen molar-refractivity contribution in [3.8, 4) is 5.40 Å². The lowest BCUT2D eigenvalue weighted by molar-refractivity contribution is -0.0379. The molecule has 0 aromatic carbocycles. The van der Waals surface area contributed by atoms with Crippen molar-refractivity contribution in [1.29, 1.82) is 5.26 Å². The maximum atomic E-state index is 9.03. The van der Waals surface area contributed by atoms with Crippen LogP contribution in [-0.4, -0.2) is 5.25 Å². The molecule has 0 spiro atoms. The van der Waals surface area contributed by atoms with Gasteiger partial charge >= 0.3 is 0 Å². The molecule has 4 aliphatic carbocycles. The lowest BCUT2D eigenvalue weighted by Crippen LogP contribution is -2.52. The van der Waals surface area contributed by atoms with E-state index in [1.165, 1.54) is 25.7 Å². The van der Waals surface area contributed by atoms with Crippen LogP contribution in [0.3, 0.4) is 0 Å². The van der Waals surface area contributed by atoms with Gasteiger partial charge in [-0.05, 0) is 71.9 Å². The fourth-order valence-electron chi connectivity index (χ4n) is 5.89. The summed E-state index contributed by atoms with van der Waals surface area (Å²) in [5.41, 5.74) is 1.01. The van der Waals surface area contributed by atoms with Gasteiger partial charge in [-0.1, -0.05) is 27.7 Å². The summed E-state index contributed by atoms with van der Waals surface area (Å²) in [4.78, 5) is 0. The minimum absolute atomic E-state index is 0.429. The van der Waals surface area contributed by atoms with E-state index < -0.39 is 0 Å². The van der Waals surface area contributed by atoms with Crippen LogP contribution in [0.15, 0.2) is 0 Å². The molecule has 1 nitrogen and oxygen atoms in total. The number of hydrogen-bond donors (Lipinski definition) is 0. The van der Waals surface area contributed by atoms with Gasteiger partial charge in [0.2, 0.25) is 0 Å². The third-order valence-corrected chi connectivity index (χ3v) is 7.62. The minimum Gasteiger partial charge on any atom is -0.185 e. The van der Waals surface area contributed by atoms with Crippen LogP contribution >= 0.6 is 11.8 Å². The Hall–Kier alpha value is -0.160. The first kappa shape index (κ1) is 12.9. The first-order valence-electron chi connectivity index (χ1n) is 7.44. The molecule has 0 aromatic rings. The monoisotopic (exact) mass is 263 g/mol. The Bertz CT molecular complexity index is 398. The fourth-order valence-corrected chi connectivity index (χ4v) is 6.79. The van der Waals surface area contributed by atoms with Gasteiger partial charge in [-0.15, -0.1) is 0 Å². The van der Waals surface area contributed by atoms with E-state index in [9.17, 15) is 0 Å². The van der Waals surface area contributed by atoms with Gasteiger partial charge in [-0.3, -0.25) is 0 Å². The SMILES string of the molecule is CC(C)C1CC2(C)CC3(C)CC1C2CC3SC#N. The van der Waals surface area contributed by atoms with E-state index >= 15 is 0 Å². The van der Waals surface area contributed by atoms with E-state index in [-0.39, 0.29) is 0 Å². The van der Waals surface area contributed by atoms with E-state index in [1.54, 1.807) is 11.8 Å². The molecule has 4 rings (SSSR count). The maximum Gasteiger partial charge on any atom is 0.133 e. The van der Waals surface area contributed by atoms with E-state index in [0.717, 1.165) is 23.7 Å². The molecular formula is C16H25NS. The quantitative estimate of drug-likeness (QED) is 0.675. The molecule has 100 valence electrons. The number of thioether (sulfide) groups is 1. The molecule has 4 saturated carbocycles. The Kier molecular flexibility index (Phi) is 2.80. The second-order valence-electron chi connectivity index (χ2n) is 8.00. The first-order valence-corrected chi connectivity index (χ1v) is 8.32. The van der Waals surface area contributed by atoms with Gasteiger partial charge in [0.15, 0.2) is 0 Å². The molecule has 0 aromatic heterocycles. The number of fused-ring (bicyclic) bond motifs is 1. The predicted molar refractivity (Wildman–Crippen MR) is 77.0 cm³/mol. The van der Waals surface area contributed by atoms with Crippen molar-refractivity contribution in [1.82, 2.24) is 0 Å². The minimum atomic E-state index is 0.429. The number of thiocyanates is 1. The van der Waals surface area contributed by atoms with Crippen molar-refractivity contribution in [2.24, 2.45) is 34.5 Å². The Balaban J connectivity index is 1.92. The molecule has 0 radical (unpaired) electrons. The van der Waals surface area contributed by atoms with Gasteiger partial charge in [-0.2, -0.15) is 5.26 Å². The van der Waals surface area contributed by atoms with Crippen molar-refractivity contribution in [3.05, 3.63) is 0 Å².